The van der Waals surface area contributed by atoms with Crippen LogP contribution in [-0.4, -0.2) is 63.3 Å². The van der Waals surface area contributed by atoms with Crippen molar-refractivity contribution in [3.63, 3.8) is 0 Å². The lowest BCUT2D eigenvalue weighted by atomic mass is 9.95. The standard InChI is InChI=1S/C29H30N2O10S/c1-7-40-28(35)24-15(2)30-29-31(25(24)17-12-20(37-4)26(39-6)21(13-17)38-5)27(34)22(42-29)11-16-8-9-18(19(10-16)36-3)41-14-23(32)33/h8-13,25H,7,14H2,1-6H3,(H,32,33)/b22-11-/t25-/m1/s1. The molecule has 0 radical (unpaired) electrons. The predicted octanol–water partition coefficient (Wildman–Crippen LogP) is 2.30. The molecule has 3 aromatic rings. The van der Waals surface area contributed by atoms with Crippen LogP contribution in [0, 0.1) is 0 Å². The van der Waals surface area contributed by atoms with E-state index >= 15 is 0 Å². The molecular weight excluding hydrogens is 568 g/mol. The average molecular weight is 599 g/mol. The average Bonchev–Trinajstić information content (AvgIpc) is 3.28. The number of allylic oxidation sites excluding steroid dienone is 1. The van der Waals surface area contributed by atoms with E-state index in [1.807, 2.05) is 0 Å². The molecule has 0 bridgehead atoms. The molecule has 0 amide bonds. The third-order valence-corrected chi connectivity index (χ3v) is 7.34. The zero-order chi connectivity index (χ0) is 30.6. The van der Waals surface area contributed by atoms with Gasteiger partial charge in [0.1, 0.15) is 0 Å². The van der Waals surface area contributed by atoms with Crippen LogP contribution in [0.15, 0.2) is 51.4 Å². The number of carbonyl (C=O) groups excluding carboxylic acids is 1. The number of aromatic nitrogens is 1. The van der Waals surface area contributed by atoms with Crippen LogP contribution in [0.2, 0.25) is 0 Å². The molecule has 4 rings (SSSR count). The lowest BCUT2D eigenvalue weighted by Crippen LogP contribution is -2.40. The summed E-state index contributed by atoms with van der Waals surface area (Å²) in [5.41, 5.74) is 1.34. The third-order valence-electron chi connectivity index (χ3n) is 6.36. The van der Waals surface area contributed by atoms with Crippen molar-refractivity contribution >= 4 is 29.4 Å². The van der Waals surface area contributed by atoms with Crippen molar-refractivity contribution in [3.05, 3.63) is 72.4 Å². The van der Waals surface area contributed by atoms with Crippen LogP contribution in [0.4, 0.5) is 0 Å². The molecule has 42 heavy (non-hydrogen) atoms. The summed E-state index contributed by atoms with van der Waals surface area (Å²) in [7, 11) is 5.87. The number of nitrogens with zero attached hydrogens (tertiary/aromatic N) is 2. The number of fused-ring (bicyclic) bond motifs is 1. The summed E-state index contributed by atoms with van der Waals surface area (Å²) >= 11 is 1.15. The maximum absolute atomic E-state index is 14.0. The Morgan fingerprint density at radius 3 is 2.24 bits per heavy atom. The smallest absolute Gasteiger partial charge is 0.341 e. The molecule has 12 nitrogen and oxygen atoms in total. The molecule has 0 fully saturated rings. The number of esters is 1. The number of benzene rings is 2. The van der Waals surface area contributed by atoms with E-state index in [-0.39, 0.29) is 17.9 Å². The summed E-state index contributed by atoms with van der Waals surface area (Å²) in [6, 6.07) is 7.32. The van der Waals surface area contributed by atoms with E-state index in [0.717, 1.165) is 11.3 Å². The minimum atomic E-state index is -1.12. The van der Waals surface area contributed by atoms with Gasteiger partial charge in [0.2, 0.25) is 5.75 Å². The molecule has 1 atom stereocenters. The van der Waals surface area contributed by atoms with Gasteiger partial charge in [-0.15, -0.1) is 0 Å². The molecule has 1 aromatic heterocycles. The molecule has 0 aliphatic carbocycles. The molecule has 13 heteroatoms. The molecule has 1 N–H and O–H groups in total. The maximum atomic E-state index is 14.0. The topological polar surface area (TPSA) is 144 Å². The monoisotopic (exact) mass is 598 g/mol. The van der Waals surface area contributed by atoms with Crippen LogP contribution >= 0.6 is 11.3 Å². The van der Waals surface area contributed by atoms with Gasteiger partial charge >= 0.3 is 11.9 Å². The van der Waals surface area contributed by atoms with Gasteiger partial charge in [0.15, 0.2) is 34.4 Å². The van der Waals surface area contributed by atoms with E-state index in [2.05, 4.69) is 4.99 Å². The number of carbonyl (C=O) groups is 2. The fourth-order valence-corrected chi connectivity index (χ4v) is 5.60. The molecule has 222 valence electrons. The van der Waals surface area contributed by atoms with E-state index < -0.39 is 30.1 Å². The van der Waals surface area contributed by atoms with E-state index in [1.165, 1.54) is 33.0 Å². The van der Waals surface area contributed by atoms with Gasteiger partial charge in [0.05, 0.1) is 56.9 Å². The molecule has 0 saturated carbocycles. The van der Waals surface area contributed by atoms with Crippen LogP contribution in [0.25, 0.3) is 6.08 Å². The van der Waals surface area contributed by atoms with Crippen molar-refractivity contribution < 1.29 is 43.1 Å². The number of aliphatic carboxylic acids is 1. The Morgan fingerprint density at radius 2 is 1.67 bits per heavy atom. The minimum absolute atomic E-state index is 0.135. The van der Waals surface area contributed by atoms with Gasteiger partial charge in [-0.25, -0.2) is 14.6 Å². The quantitative estimate of drug-likeness (QED) is 0.327. The maximum Gasteiger partial charge on any atom is 0.341 e. The summed E-state index contributed by atoms with van der Waals surface area (Å²) in [6.07, 6.45) is 1.66. The number of ether oxygens (including phenoxy) is 6. The normalized spacial score (nSPS) is 14.5. The first kappa shape index (κ1) is 30.2. The predicted molar refractivity (Wildman–Crippen MR) is 153 cm³/mol. The molecule has 1 aliphatic heterocycles. The van der Waals surface area contributed by atoms with Gasteiger partial charge in [0.25, 0.3) is 5.56 Å². The van der Waals surface area contributed by atoms with E-state index in [1.54, 1.807) is 50.3 Å². The Morgan fingerprint density at radius 1 is 1.00 bits per heavy atom. The summed E-state index contributed by atoms with van der Waals surface area (Å²) < 4.78 is 34.3. The highest BCUT2D eigenvalue weighted by atomic mass is 32.1. The summed E-state index contributed by atoms with van der Waals surface area (Å²) in [4.78, 5) is 43.1. The molecule has 0 unspecified atom stereocenters. The number of carboxylic acids is 1. The fourth-order valence-electron chi connectivity index (χ4n) is 4.55. The summed E-state index contributed by atoms with van der Waals surface area (Å²) in [6.45, 7) is 2.99. The van der Waals surface area contributed by atoms with Crippen LogP contribution in [-0.2, 0) is 14.3 Å². The second kappa shape index (κ2) is 12.8. The second-order valence-electron chi connectivity index (χ2n) is 8.85. The van der Waals surface area contributed by atoms with E-state index in [9.17, 15) is 14.4 Å². The first-order chi connectivity index (χ1) is 20.2. The van der Waals surface area contributed by atoms with Crippen LogP contribution in [0.3, 0.4) is 0 Å². The Hall–Kier alpha value is -4.78. The van der Waals surface area contributed by atoms with E-state index in [4.69, 9.17) is 33.5 Å². The number of rotatable bonds is 11. The SMILES string of the molecule is CCOC(=O)C1=C(C)N=c2s/c(=C\c3ccc(OCC(=O)O)c(OC)c3)c(=O)n2[C@@H]1c1cc(OC)c(OC)c(OC)c1. The summed E-state index contributed by atoms with van der Waals surface area (Å²) in [5.74, 6) is -0.119. The van der Waals surface area contributed by atoms with Crippen molar-refractivity contribution in [1.29, 1.82) is 0 Å². The van der Waals surface area contributed by atoms with Crippen LogP contribution in [0.1, 0.15) is 31.0 Å². The van der Waals surface area contributed by atoms with Gasteiger partial charge in [0, 0.05) is 0 Å². The fraction of sp³-hybridized carbons (Fsp3) is 0.310. The largest absolute Gasteiger partial charge is 0.493 e. The first-order valence-corrected chi connectivity index (χ1v) is 13.5. The Balaban J connectivity index is 1.93. The molecule has 0 spiro atoms. The highest BCUT2D eigenvalue weighted by molar-refractivity contribution is 7.07. The molecular formula is C29H30N2O10S. The number of hydrogen-bond donors (Lipinski definition) is 1. The van der Waals surface area contributed by atoms with E-state index in [0.29, 0.717) is 49.2 Å². The molecule has 2 aromatic carbocycles. The van der Waals surface area contributed by atoms with Crippen molar-refractivity contribution in [2.24, 2.45) is 4.99 Å². The van der Waals surface area contributed by atoms with Gasteiger partial charge < -0.3 is 33.5 Å². The van der Waals surface area contributed by atoms with Gasteiger partial charge in [-0.1, -0.05) is 17.4 Å². The lowest BCUT2D eigenvalue weighted by Gasteiger charge is -2.26. The van der Waals surface area contributed by atoms with Crippen molar-refractivity contribution in [3.8, 4) is 28.7 Å². The minimum Gasteiger partial charge on any atom is -0.493 e. The molecule has 2 heterocycles. The second-order valence-corrected chi connectivity index (χ2v) is 9.86. The highest BCUT2D eigenvalue weighted by Gasteiger charge is 2.34. The first-order valence-electron chi connectivity index (χ1n) is 12.7. The number of hydrogen-bond acceptors (Lipinski definition) is 11. The van der Waals surface area contributed by atoms with Crippen LogP contribution < -0.4 is 38.6 Å². The van der Waals surface area contributed by atoms with Crippen molar-refractivity contribution in [1.82, 2.24) is 4.57 Å². The van der Waals surface area contributed by atoms with Gasteiger partial charge in [-0.2, -0.15) is 0 Å². The van der Waals surface area contributed by atoms with Crippen molar-refractivity contribution in [2.75, 3.05) is 41.7 Å². The zero-order valence-corrected chi connectivity index (χ0v) is 24.7. The Labute approximate surface area is 244 Å². The Kier molecular flexibility index (Phi) is 9.21. The van der Waals surface area contributed by atoms with Gasteiger partial charge in [-0.05, 0) is 55.3 Å². The highest BCUT2D eigenvalue weighted by Crippen LogP contribution is 2.42. The molecule has 1 aliphatic rings. The molecule has 0 saturated heterocycles. The number of methoxy groups -OCH3 is 4. The summed E-state index contributed by atoms with van der Waals surface area (Å²) in [5, 5.41) is 8.92. The van der Waals surface area contributed by atoms with Gasteiger partial charge in [-0.3, -0.25) is 9.36 Å². The van der Waals surface area contributed by atoms with Crippen LogP contribution in [0.5, 0.6) is 28.7 Å². The zero-order valence-electron chi connectivity index (χ0n) is 23.9. The lowest BCUT2D eigenvalue weighted by molar-refractivity contribution is -0.140. The number of thiazole rings is 1. The Bertz CT molecular complexity index is 1710. The van der Waals surface area contributed by atoms with Crippen molar-refractivity contribution in [2.45, 2.75) is 19.9 Å². The number of carboxylic acid groups (broad SMARTS) is 1. The third kappa shape index (κ3) is 5.81.